The first-order valence-electron chi connectivity index (χ1n) is 6.97. The van der Waals surface area contributed by atoms with Gasteiger partial charge in [-0.2, -0.15) is 4.31 Å². The molecule has 1 unspecified atom stereocenters. The van der Waals surface area contributed by atoms with Crippen molar-refractivity contribution < 1.29 is 13.2 Å². The van der Waals surface area contributed by atoms with Crippen molar-refractivity contribution in [3.8, 4) is 5.75 Å². The Morgan fingerprint density at radius 2 is 1.76 bits per heavy atom. The Morgan fingerprint density at radius 1 is 1.19 bits per heavy atom. The van der Waals surface area contributed by atoms with Gasteiger partial charge < -0.3 is 10.5 Å². The maximum Gasteiger partial charge on any atom is 0.211 e. The zero-order chi connectivity index (χ0) is 15.5. The minimum atomic E-state index is -3.08. The van der Waals surface area contributed by atoms with Crippen molar-refractivity contribution in [2.75, 3.05) is 46.1 Å². The van der Waals surface area contributed by atoms with Crippen LogP contribution >= 0.6 is 0 Å². The Bertz CT molecular complexity index is 551. The maximum absolute atomic E-state index is 11.5. The van der Waals surface area contributed by atoms with Crippen LogP contribution in [0.15, 0.2) is 24.3 Å². The van der Waals surface area contributed by atoms with Gasteiger partial charge in [0.1, 0.15) is 5.75 Å². The number of hydrogen-bond donors (Lipinski definition) is 1. The number of nitrogens with two attached hydrogens (primary N) is 1. The van der Waals surface area contributed by atoms with Crippen LogP contribution in [-0.2, 0) is 10.0 Å². The van der Waals surface area contributed by atoms with Crippen molar-refractivity contribution in [1.29, 1.82) is 0 Å². The van der Waals surface area contributed by atoms with E-state index < -0.39 is 10.0 Å². The second-order valence-corrected chi connectivity index (χ2v) is 7.32. The van der Waals surface area contributed by atoms with Gasteiger partial charge in [0.05, 0.1) is 13.4 Å². The molecular weight excluding hydrogens is 290 g/mol. The summed E-state index contributed by atoms with van der Waals surface area (Å²) in [5, 5.41) is 0. The molecule has 118 valence electrons. The average Bonchev–Trinajstić information content (AvgIpc) is 2.47. The SMILES string of the molecule is COc1ccc(C(N)CN2CCN(S(C)(=O)=O)CC2)cc1. The monoisotopic (exact) mass is 313 g/mol. The normalized spacial score (nSPS) is 19.4. The van der Waals surface area contributed by atoms with E-state index in [9.17, 15) is 8.42 Å². The predicted molar refractivity (Wildman–Crippen MR) is 82.8 cm³/mol. The van der Waals surface area contributed by atoms with Gasteiger partial charge in [0, 0.05) is 38.8 Å². The molecule has 1 saturated heterocycles. The molecule has 1 heterocycles. The van der Waals surface area contributed by atoms with E-state index in [2.05, 4.69) is 4.90 Å². The first kappa shape index (κ1) is 16.2. The van der Waals surface area contributed by atoms with Crippen molar-refractivity contribution in [3.63, 3.8) is 0 Å². The lowest BCUT2D eigenvalue weighted by Gasteiger charge is -2.34. The third-order valence-corrected chi connectivity index (χ3v) is 5.10. The van der Waals surface area contributed by atoms with E-state index in [0.717, 1.165) is 30.9 Å². The first-order chi connectivity index (χ1) is 9.90. The number of ether oxygens (including phenoxy) is 1. The molecule has 0 amide bonds. The van der Waals surface area contributed by atoms with Gasteiger partial charge in [-0.25, -0.2) is 8.42 Å². The number of sulfonamides is 1. The van der Waals surface area contributed by atoms with Gasteiger partial charge >= 0.3 is 0 Å². The summed E-state index contributed by atoms with van der Waals surface area (Å²) in [4.78, 5) is 2.20. The summed E-state index contributed by atoms with van der Waals surface area (Å²) in [5.74, 6) is 0.813. The summed E-state index contributed by atoms with van der Waals surface area (Å²) in [6.45, 7) is 3.24. The molecule has 21 heavy (non-hydrogen) atoms. The van der Waals surface area contributed by atoms with Gasteiger partial charge in [-0.05, 0) is 17.7 Å². The summed E-state index contributed by atoms with van der Waals surface area (Å²) in [6.07, 6.45) is 1.26. The second-order valence-electron chi connectivity index (χ2n) is 5.34. The number of hydrogen-bond acceptors (Lipinski definition) is 5. The topological polar surface area (TPSA) is 75.9 Å². The molecule has 0 bridgehead atoms. The van der Waals surface area contributed by atoms with Crippen LogP contribution in [0.2, 0.25) is 0 Å². The third-order valence-electron chi connectivity index (χ3n) is 3.80. The van der Waals surface area contributed by atoms with E-state index in [1.807, 2.05) is 24.3 Å². The van der Waals surface area contributed by atoms with Crippen LogP contribution in [-0.4, -0.2) is 63.7 Å². The van der Waals surface area contributed by atoms with Crippen LogP contribution in [0.3, 0.4) is 0 Å². The van der Waals surface area contributed by atoms with E-state index in [1.165, 1.54) is 10.6 Å². The molecule has 1 aromatic carbocycles. The number of benzene rings is 1. The summed E-state index contributed by atoms with van der Waals surface area (Å²) in [7, 11) is -1.44. The first-order valence-corrected chi connectivity index (χ1v) is 8.82. The van der Waals surface area contributed by atoms with Gasteiger partial charge in [0.15, 0.2) is 0 Å². The molecule has 1 aliphatic rings. The quantitative estimate of drug-likeness (QED) is 0.844. The van der Waals surface area contributed by atoms with Gasteiger partial charge in [0.25, 0.3) is 0 Å². The van der Waals surface area contributed by atoms with Gasteiger partial charge in [-0.3, -0.25) is 4.90 Å². The zero-order valence-electron chi connectivity index (χ0n) is 12.5. The summed E-state index contributed by atoms with van der Waals surface area (Å²) in [5.41, 5.74) is 7.28. The maximum atomic E-state index is 11.5. The molecule has 0 aliphatic carbocycles. The second kappa shape index (κ2) is 6.74. The minimum absolute atomic E-state index is 0.0827. The Kier molecular flexibility index (Phi) is 5.21. The molecule has 1 atom stereocenters. The summed E-state index contributed by atoms with van der Waals surface area (Å²) < 4.78 is 29.6. The van der Waals surface area contributed by atoms with Gasteiger partial charge in [-0.1, -0.05) is 12.1 Å². The molecule has 0 aromatic heterocycles. The van der Waals surface area contributed by atoms with Crippen molar-refractivity contribution in [3.05, 3.63) is 29.8 Å². The van der Waals surface area contributed by atoms with Gasteiger partial charge in [-0.15, -0.1) is 0 Å². The lowest BCUT2D eigenvalue weighted by Crippen LogP contribution is -2.49. The van der Waals surface area contributed by atoms with Crippen molar-refractivity contribution in [1.82, 2.24) is 9.21 Å². The van der Waals surface area contributed by atoms with E-state index in [0.29, 0.717) is 13.1 Å². The largest absolute Gasteiger partial charge is 0.497 e. The van der Waals surface area contributed by atoms with Crippen LogP contribution < -0.4 is 10.5 Å². The van der Waals surface area contributed by atoms with Crippen molar-refractivity contribution in [2.45, 2.75) is 6.04 Å². The average molecular weight is 313 g/mol. The highest BCUT2D eigenvalue weighted by Gasteiger charge is 2.24. The molecule has 2 N–H and O–H groups in total. The molecule has 0 radical (unpaired) electrons. The van der Waals surface area contributed by atoms with Crippen LogP contribution in [0.1, 0.15) is 11.6 Å². The molecule has 7 heteroatoms. The molecule has 1 fully saturated rings. The fourth-order valence-electron chi connectivity index (χ4n) is 2.48. The van der Waals surface area contributed by atoms with Gasteiger partial charge in [0.2, 0.25) is 10.0 Å². The van der Waals surface area contributed by atoms with Crippen LogP contribution in [0.25, 0.3) is 0 Å². The molecule has 2 rings (SSSR count). The van der Waals surface area contributed by atoms with Crippen LogP contribution in [0.4, 0.5) is 0 Å². The number of piperazine rings is 1. The minimum Gasteiger partial charge on any atom is -0.497 e. The highest BCUT2D eigenvalue weighted by molar-refractivity contribution is 7.88. The summed E-state index contributed by atoms with van der Waals surface area (Å²) >= 11 is 0. The standard InChI is InChI=1S/C14H23N3O3S/c1-20-13-5-3-12(4-6-13)14(15)11-16-7-9-17(10-8-16)21(2,18)19/h3-6,14H,7-11,15H2,1-2H3. The van der Waals surface area contributed by atoms with Crippen molar-refractivity contribution in [2.24, 2.45) is 5.73 Å². The number of nitrogens with zero attached hydrogens (tertiary/aromatic N) is 2. The fraction of sp³-hybridized carbons (Fsp3) is 0.571. The van der Waals surface area contributed by atoms with E-state index in [1.54, 1.807) is 7.11 Å². The number of rotatable bonds is 5. The molecule has 6 nitrogen and oxygen atoms in total. The predicted octanol–water partition coefficient (Wildman–Crippen LogP) is 0.272. The molecule has 0 saturated carbocycles. The van der Waals surface area contributed by atoms with E-state index >= 15 is 0 Å². The third kappa shape index (κ3) is 4.41. The van der Waals surface area contributed by atoms with E-state index in [4.69, 9.17) is 10.5 Å². The molecule has 1 aliphatic heterocycles. The van der Waals surface area contributed by atoms with E-state index in [-0.39, 0.29) is 6.04 Å². The highest BCUT2D eigenvalue weighted by atomic mass is 32.2. The molecular formula is C14H23N3O3S. The Balaban J connectivity index is 1.87. The van der Waals surface area contributed by atoms with Crippen LogP contribution in [0.5, 0.6) is 5.75 Å². The Labute approximate surface area is 126 Å². The summed E-state index contributed by atoms with van der Waals surface area (Å²) in [6, 6.07) is 7.65. The smallest absolute Gasteiger partial charge is 0.211 e. The molecule has 0 spiro atoms. The highest BCUT2D eigenvalue weighted by Crippen LogP contribution is 2.17. The zero-order valence-corrected chi connectivity index (χ0v) is 13.3. The van der Waals surface area contributed by atoms with Crippen molar-refractivity contribution >= 4 is 10.0 Å². The Morgan fingerprint density at radius 3 is 2.24 bits per heavy atom. The Hall–Kier alpha value is -1.15. The molecule has 1 aromatic rings. The number of methoxy groups -OCH3 is 1. The lowest BCUT2D eigenvalue weighted by atomic mass is 10.1. The fourth-order valence-corrected chi connectivity index (χ4v) is 3.31. The lowest BCUT2D eigenvalue weighted by molar-refractivity contribution is 0.180. The van der Waals surface area contributed by atoms with Crippen LogP contribution in [0, 0.1) is 0 Å².